The van der Waals surface area contributed by atoms with E-state index in [9.17, 15) is 9.59 Å². The third-order valence-electron chi connectivity index (χ3n) is 8.36. The third kappa shape index (κ3) is 6.77. The number of fused-ring (bicyclic) bond motifs is 1. The summed E-state index contributed by atoms with van der Waals surface area (Å²) in [6, 6.07) is 18.0. The summed E-state index contributed by atoms with van der Waals surface area (Å²) in [5.74, 6) is 1.50. The molecule has 44 heavy (non-hydrogen) atoms. The zero-order chi connectivity index (χ0) is 31.1. The highest BCUT2D eigenvalue weighted by atomic mass is 16.5. The van der Waals surface area contributed by atoms with Crippen LogP contribution >= 0.6 is 0 Å². The Hall–Kier alpha value is -4.66. The van der Waals surface area contributed by atoms with Crippen LogP contribution in [0.25, 0.3) is 10.9 Å². The first-order chi connectivity index (χ1) is 21.4. The van der Waals surface area contributed by atoms with Gasteiger partial charge < -0.3 is 34.1 Å². The Morgan fingerprint density at radius 2 is 1.57 bits per heavy atom. The largest absolute Gasteiger partial charge is 0.497 e. The predicted molar refractivity (Wildman–Crippen MR) is 169 cm³/mol. The number of amides is 2. The van der Waals surface area contributed by atoms with Crippen LogP contribution in [0.1, 0.15) is 54.8 Å². The molecule has 1 aliphatic rings. The molecule has 0 unspecified atom stereocenters. The number of rotatable bonds is 12. The van der Waals surface area contributed by atoms with Crippen LogP contribution in [0.5, 0.6) is 23.0 Å². The van der Waals surface area contributed by atoms with Crippen LogP contribution in [0.2, 0.25) is 0 Å². The van der Waals surface area contributed by atoms with E-state index in [-0.39, 0.29) is 30.8 Å². The summed E-state index contributed by atoms with van der Waals surface area (Å²) in [6.45, 7) is 0.199. The van der Waals surface area contributed by atoms with Crippen molar-refractivity contribution in [2.75, 3.05) is 28.4 Å². The zero-order valence-corrected chi connectivity index (χ0v) is 25.9. The average molecular weight is 600 g/mol. The summed E-state index contributed by atoms with van der Waals surface area (Å²) in [6.07, 6.45) is 7.09. The Bertz CT molecular complexity index is 1550. The molecule has 2 N–H and O–H groups in total. The summed E-state index contributed by atoms with van der Waals surface area (Å²) in [7, 11) is 6.22. The van der Waals surface area contributed by atoms with E-state index in [4.69, 9.17) is 18.9 Å². The van der Waals surface area contributed by atoms with Gasteiger partial charge in [-0.15, -0.1) is 0 Å². The minimum Gasteiger partial charge on any atom is -0.497 e. The zero-order valence-electron chi connectivity index (χ0n) is 25.9. The maximum atomic E-state index is 14.4. The Labute approximate surface area is 258 Å². The lowest BCUT2D eigenvalue weighted by molar-refractivity contribution is -0.141. The summed E-state index contributed by atoms with van der Waals surface area (Å²) < 4.78 is 22.2. The van der Waals surface area contributed by atoms with Crippen molar-refractivity contribution in [1.29, 1.82) is 0 Å². The first-order valence-corrected chi connectivity index (χ1v) is 15.0. The molecule has 1 saturated carbocycles. The molecule has 2 amide bonds. The van der Waals surface area contributed by atoms with Crippen molar-refractivity contribution < 1.29 is 28.5 Å². The maximum Gasteiger partial charge on any atom is 0.247 e. The Balaban J connectivity index is 1.60. The fourth-order valence-electron chi connectivity index (χ4n) is 6.05. The summed E-state index contributed by atoms with van der Waals surface area (Å²) >= 11 is 0. The predicted octanol–water partition coefficient (Wildman–Crippen LogP) is 5.96. The molecular formula is C35H41N3O6. The number of benzene rings is 3. The molecule has 9 nitrogen and oxygen atoms in total. The number of carbonyl (C=O) groups excluding carboxylic acids is 2. The van der Waals surface area contributed by atoms with Gasteiger partial charge in [-0.05, 0) is 59.9 Å². The average Bonchev–Trinajstić information content (AvgIpc) is 3.47. The molecular weight excluding hydrogens is 558 g/mol. The van der Waals surface area contributed by atoms with Crippen LogP contribution < -0.4 is 24.3 Å². The molecule has 0 bridgehead atoms. The van der Waals surface area contributed by atoms with E-state index in [0.717, 1.165) is 54.1 Å². The fraction of sp³-hybridized carbons (Fsp3) is 0.371. The minimum atomic E-state index is -0.967. The van der Waals surface area contributed by atoms with Crippen LogP contribution in [-0.2, 0) is 22.6 Å². The first kappa shape index (κ1) is 30.8. The third-order valence-corrected chi connectivity index (χ3v) is 8.36. The molecule has 9 heteroatoms. The number of aromatic nitrogens is 1. The van der Waals surface area contributed by atoms with Crippen molar-refractivity contribution in [1.82, 2.24) is 15.2 Å². The van der Waals surface area contributed by atoms with Gasteiger partial charge in [-0.3, -0.25) is 9.59 Å². The van der Waals surface area contributed by atoms with E-state index in [1.807, 2.05) is 54.7 Å². The molecule has 1 aliphatic carbocycles. The highest BCUT2D eigenvalue weighted by molar-refractivity contribution is 5.92. The van der Waals surface area contributed by atoms with E-state index in [2.05, 4.69) is 10.3 Å². The fourth-order valence-corrected chi connectivity index (χ4v) is 6.05. The van der Waals surface area contributed by atoms with Crippen LogP contribution in [0.15, 0.2) is 66.9 Å². The van der Waals surface area contributed by atoms with E-state index < -0.39 is 6.04 Å². The van der Waals surface area contributed by atoms with E-state index in [0.29, 0.717) is 28.6 Å². The van der Waals surface area contributed by atoms with Gasteiger partial charge in [0.25, 0.3) is 0 Å². The van der Waals surface area contributed by atoms with Gasteiger partial charge in [0.2, 0.25) is 17.6 Å². The molecule has 1 fully saturated rings. The van der Waals surface area contributed by atoms with Gasteiger partial charge in [0, 0.05) is 29.7 Å². The Morgan fingerprint density at radius 1 is 0.886 bits per heavy atom. The van der Waals surface area contributed by atoms with Gasteiger partial charge in [0.15, 0.2) is 11.5 Å². The monoisotopic (exact) mass is 599 g/mol. The number of ether oxygens (including phenoxy) is 4. The van der Waals surface area contributed by atoms with Crippen LogP contribution in [0, 0.1) is 0 Å². The van der Waals surface area contributed by atoms with Crippen molar-refractivity contribution in [3.05, 3.63) is 83.6 Å². The molecule has 0 radical (unpaired) electrons. The van der Waals surface area contributed by atoms with E-state index in [1.54, 1.807) is 24.1 Å². The molecule has 0 saturated heterocycles. The van der Waals surface area contributed by atoms with Gasteiger partial charge in [0.05, 0.1) is 34.9 Å². The number of aromatic amines is 1. The second kappa shape index (κ2) is 14.2. The second-order valence-electron chi connectivity index (χ2n) is 11.1. The topological polar surface area (TPSA) is 102 Å². The Morgan fingerprint density at radius 3 is 2.20 bits per heavy atom. The molecule has 4 aromatic rings. The number of hydrogen-bond donors (Lipinski definition) is 2. The molecule has 1 heterocycles. The number of nitrogens with one attached hydrogen (secondary N) is 2. The van der Waals surface area contributed by atoms with Gasteiger partial charge in [-0.2, -0.15) is 0 Å². The van der Waals surface area contributed by atoms with Gasteiger partial charge in [-0.1, -0.05) is 49.6 Å². The van der Waals surface area contributed by atoms with Crippen molar-refractivity contribution >= 4 is 22.7 Å². The standard InChI is InChI=1S/C35H41N3O6/c1-41-27-16-14-23(15-17-27)22-38(32(39)20-25-21-36-29-13-9-8-12-28(25)29)33(35(40)37-26-10-6-5-7-11-26)24-18-30(42-2)34(44-4)31(19-24)43-3/h8-9,12-19,21,26,33,36H,5-7,10-11,20,22H2,1-4H3,(H,37,40)/t33-/m1/s1. The van der Waals surface area contributed by atoms with Crippen LogP contribution in [-0.4, -0.2) is 56.2 Å². The molecule has 0 aliphatic heterocycles. The summed E-state index contributed by atoms with van der Waals surface area (Å²) in [5, 5.41) is 4.25. The normalized spacial score (nSPS) is 14.1. The minimum absolute atomic E-state index is 0.0485. The SMILES string of the molecule is COc1ccc(CN(C(=O)Cc2c[nH]c3ccccc23)[C@@H](C(=O)NC2CCCCC2)c2cc(OC)c(OC)c(OC)c2)cc1. The summed E-state index contributed by atoms with van der Waals surface area (Å²) in [5.41, 5.74) is 3.24. The highest BCUT2D eigenvalue weighted by Gasteiger charge is 2.35. The van der Waals surface area contributed by atoms with Crippen molar-refractivity contribution in [3.8, 4) is 23.0 Å². The quantitative estimate of drug-likeness (QED) is 0.208. The summed E-state index contributed by atoms with van der Waals surface area (Å²) in [4.78, 5) is 33.7. The van der Waals surface area contributed by atoms with Gasteiger partial charge in [-0.25, -0.2) is 0 Å². The number of para-hydroxylation sites is 1. The number of hydrogen-bond acceptors (Lipinski definition) is 6. The van der Waals surface area contributed by atoms with Crippen LogP contribution in [0.4, 0.5) is 0 Å². The number of carbonyl (C=O) groups is 2. The van der Waals surface area contributed by atoms with Crippen molar-refractivity contribution in [3.63, 3.8) is 0 Å². The van der Waals surface area contributed by atoms with E-state index in [1.165, 1.54) is 21.3 Å². The van der Waals surface area contributed by atoms with Gasteiger partial charge >= 0.3 is 0 Å². The molecule has 5 rings (SSSR count). The Kier molecular flexibility index (Phi) is 9.94. The lowest BCUT2D eigenvalue weighted by atomic mass is 9.94. The van der Waals surface area contributed by atoms with Crippen molar-refractivity contribution in [2.24, 2.45) is 0 Å². The van der Waals surface area contributed by atoms with E-state index >= 15 is 0 Å². The molecule has 1 aromatic heterocycles. The molecule has 1 atom stereocenters. The van der Waals surface area contributed by atoms with Gasteiger partial charge in [0.1, 0.15) is 11.8 Å². The lowest BCUT2D eigenvalue weighted by Gasteiger charge is -2.34. The van der Waals surface area contributed by atoms with Crippen LogP contribution in [0.3, 0.4) is 0 Å². The molecule has 0 spiro atoms. The highest BCUT2D eigenvalue weighted by Crippen LogP contribution is 2.41. The molecule has 232 valence electrons. The number of methoxy groups -OCH3 is 4. The molecule has 3 aromatic carbocycles. The number of H-pyrrole nitrogens is 1. The number of nitrogens with zero attached hydrogens (tertiary/aromatic N) is 1. The smallest absolute Gasteiger partial charge is 0.247 e. The second-order valence-corrected chi connectivity index (χ2v) is 11.1. The first-order valence-electron chi connectivity index (χ1n) is 15.0. The maximum absolute atomic E-state index is 14.4. The lowest BCUT2D eigenvalue weighted by Crippen LogP contribution is -2.47. The van der Waals surface area contributed by atoms with Crippen molar-refractivity contribution in [2.45, 2.75) is 57.2 Å².